The molecular formula is C50H86N12O10. The molecule has 72 heavy (non-hydrogen) atoms. The molecule has 0 unspecified atom stereocenters. The van der Waals surface area contributed by atoms with Gasteiger partial charge in [-0.25, -0.2) is 0 Å². The van der Waals surface area contributed by atoms with Crippen molar-refractivity contribution >= 4 is 59.2 Å². The summed E-state index contributed by atoms with van der Waals surface area (Å²) < 4.78 is 0. The number of carbonyl (C=O) groups excluding carboxylic acids is 8. The lowest BCUT2D eigenvalue weighted by Gasteiger charge is -2.29. The highest BCUT2D eigenvalue weighted by Gasteiger charge is 2.35. The van der Waals surface area contributed by atoms with Gasteiger partial charge in [-0.05, 0) is 87.5 Å². The zero-order valence-electron chi connectivity index (χ0n) is 44.4. The Morgan fingerprint density at radius 2 is 0.889 bits per heavy atom. The van der Waals surface area contributed by atoms with Gasteiger partial charge >= 0.3 is 5.97 Å². The summed E-state index contributed by atoms with van der Waals surface area (Å²) >= 11 is 0. The molecule has 1 rings (SSSR count). The second kappa shape index (κ2) is 31.9. The smallest absolute Gasteiger partial charge is 0.325 e. The van der Waals surface area contributed by atoms with E-state index in [-0.39, 0.29) is 74.7 Å². The molecule has 0 aliphatic heterocycles. The zero-order valence-corrected chi connectivity index (χ0v) is 44.4. The number of benzene rings is 1. The summed E-state index contributed by atoms with van der Waals surface area (Å²) in [5, 5.41) is 30.6. The third-order valence-corrected chi connectivity index (χ3v) is 11.3. The van der Waals surface area contributed by atoms with Crippen molar-refractivity contribution in [2.24, 2.45) is 51.8 Å². The van der Waals surface area contributed by atoms with Crippen LogP contribution in [0.15, 0.2) is 35.3 Å². The molecule has 8 amide bonds. The fourth-order valence-electron chi connectivity index (χ4n) is 7.48. The van der Waals surface area contributed by atoms with Gasteiger partial charge in [-0.15, -0.1) is 0 Å². The lowest BCUT2D eigenvalue weighted by Crippen LogP contribution is -2.61. The number of aliphatic carboxylic acids is 1. The molecule has 0 aromatic heterocycles. The first-order valence-electron chi connectivity index (χ1n) is 25.0. The number of rotatable bonds is 32. The van der Waals surface area contributed by atoms with E-state index in [1.165, 1.54) is 13.8 Å². The molecule has 0 radical (unpaired) electrons. The highest BCUT2D eigenvalue weighted by Crippen LogP contribution is 2.14. The van der Waals surface area contributed by atoms with Crippen LogP contribution in [0.2, 0.25) is 0 Å². The molecular weight excluding hydrogens is 929 g/mol. The van der Waals surface area contributed by atoms with Gasteiger partial charge in [-0.1, -0.05) is 99.6 Å². The third-order valence-electron chi connectivity index (χ3n) is 11.3. The first kappa shape index (κ1) is 63.7. The van der Waals surface area contributed by atoms with Crippen LogP contribution in [0.4, 0.5) is 0 Å². The van der Waals surface area contributed by atoms with Crippen LogP contribution in [0.3, 0.4) is 0 Å². The zero-order chi connectivity index (χ0) is 55.0. The molecule has 406 valence electrons. The Hall–Kier alpha value is -6.32. The highest BCUT2D eigenvalue weighted by atomic mass is 16.4. The maximum absolute atomic E-state index is 14.3. The van der Waals surface area contributed by atoms with E-state index in [0.717, 1.165) is 5.56 Å². The van der Waals surface area contributed by atoms with Gasteiger partial charge in [-0.3, -0.25) is 48.1 Å². The van der Waals surface area contributed by atoms with Crippen molar-refractivity contribution in [1.29, 1.82) is 0 Å². The molecule has 22 nitrogen and oxygen atoms in total. The molecule has 0 fully saturated rings. The Balaban J connectivity index is 3.43. The van der Waals surface area contributed by atoms with E-state index in [4.69, 9.17) is 17.2 Å². The minimum Gasteiger partial charge on any atom is -0.480 e. The largest absolute Gasteiger partial charge is 0.480 e. The molecule has 15 N–H and O–H groups in total. The molecule has 0 bridgehead atoms. The van der Waals surface area contributed by atoms with Crippen molar-refractivity contribution in [2.45, 2.75) is 182 Å². The van der Waals surface area contributed by atoms with Gasteiger partial charge in [-0.2, -0.15) is 0 Å². The molecule has 0 aliphatic rings. The van der Waals surface area contributed by atoms with Crippen LogP contribution in [0.1, 0.15) is 127 Å². The Labute approximate surface area is 425 Å². The summed E-state index contributed by atoms with van der Waals surface area (Å²) in [5.41, 5.74) is 18.0. The topological polar surface area (TPSA) is 361 Å². The molecule has 0 saturated heterocycles. The Morgan fingerprint density at radius 1 is 0.486 bits per heavy atom. The summed E-state index contributed by atoms with van der Waals surface area (Å²) in [6.07, 6.45) is 1.11. The maximum atomic E-state index is 14.3. The second-order valence-corrected chi connectivity index (χ2v) is 20.6. The monoisotopic (exact) mass is 1010 g/mol. The van der Waals surface area contributed by atoms with Gasteiger partial charge in [0.2, 0.25) is 47.3 Å². The van der Waals surface area contributed by atoms with Crippen molar-refractivity contribution in [3.05, 3.63) is 35.9 Å². The van der Waals surface area contributed by atoms with Crippen LogP contribution < -0.4 is 59.7 Å². The first-order chi connectivity index (χ1) is 33.5. The van der Waals surface area contributed by atoms with E-state index in [1.807, 2.05) is 61.5 Å². The van der Waals surface area contributed by atoms with Crippen LogP contribution in [0, 0.1) is 29.6 Å². The summed E-state index contributed by atoms with van der Waals surface area (Å²) in [4.78, 5) is 125. The van der Waals surface area contributed by atoms with Crippen molar-refractivity contribution in [1.82, 2.24) is 42.5 Å². The maximum Gasteiger partial charge on any atom is 0.325 e. The van der Waals surface area contributed by atoms with E-state index in [1.54, 1.807) is 38.1 Å². The minimum atomic E-state index is -1.27. The van der Waals surface area contributed by atoms with Gasteiger partial charge < -0.3 is 64.8 Å². The fourth-order valence-corrected chi connectivity index (χ4v) is 7.48. The van der Waals surface area contributed by atoms with Crippen LogP contribution in [0.5, 0.6) is 0 Å². The van der Waals surface area contributed by atoms with Gasteiger partial charge in [0.15, 0.2) is 5.96 Å². The second-order valence-electron chi connectivity index (χ2n) is 20.6. The van der Waals surface area contributed by atoms with Crippen LogP contribution in [-0.2, 0) is 49.6 Å². The number of aliphatic imine (C=N–C) groups is 1. The summed E-state index contributed by atoms with van der Waals surface area (Å²) in [6, 6.07) is -1.36. The average Bonchev–Trinajstić information content (AvgIpc) is 3.27. The number of hydrogen-bond donors (Lipinski definition) is 12. The van der Waals surface area contributed by atoms with Crippen LogP contribution in [0.25, 0.3) is 0 Å². The van der Waals surface area contributed by atoms with Gasteiger partial charge in [0.05, 0.1) is 6.04 Å². The van der Waals surface area contributed by atoms with Crippen LogP contribution in [-0.4, -0.2) is 125 Å². The van der Waals surface area contributed by atoms with Crippen molar-refractivity contribution in [3.8, 4) is 0 Å². The van der Waals surface area contributed by atoms with Crippen molar-refractivity contribution in [3.63, 3.8) is 0 Å². The molecule has 0 saturated carbocycles. The van der Waals surface area contributed by atoms with E-state index < -0.39 is 114 Å². The van der Waals surface area contributed by atoms with Gasteiger partial charge in [0, 0.05) is 13.0 Å². The molecule has 9 atom stereocenters. The van der Waals surface area contributed by atoms with E-state index in [2.05, 4.69) is 47.5 Å². The lowest BCUT2D eigenvalue weighted by atomic mass is 9.98. The van der Waals surface area contributed by atoms with E-state index in [9.17, 15) is 48.3 Å². The fraction of sp³-hybridized carbons (Fsp3) is 0.680. The number of amides is 8. The van der Waals surface area contributed by atoms with Gasteiger partial charge in [0.1, 0.15) is 48.3 Å². The normalized spacial score (nSPS) is 15.1. The lowest BCUT2D eigenvalue weighted by molar-refractivity contribution is -0.142. The molecule has 0 heterocycles. The number of nitrogens with two attached hydrogens (primary N) is 3. The molecule has 0 spiro atoms. The minimum absolute atomic E-state index is 0.000163. The molecule has 22 heteroatoms. The summed E-state index contributed by atoms with van der Waals surface area (Å²) in [6.45, 7) is 21.0. The number of carboxylic acid groups (broad SMARTS) is 1. The number of carbonyl (C=O) groups is 9. The Morgan fingerprint density at radius 3 is 1.33 bits per heavy atom. The first-order valence-corrected chi connectivity index (χ1v) is 25.0. The summed E-state index contributed by atoms with van der Waals surface area (Å²) in [5.74, 6) is -7.69. The Bertz CT molecular complexity index is 1980. The quantitative estimate of drug-likeness (QED) is 0.0265. The van der Waals surface area contributed by atoms with Crippen molar-refractivity contribution in [2.75, 3.05) is 6.54 Å². The standard InChI is InChI=1S/C50H86N12O10/c1-26(2)21-34(51)42(64)59-39(25-33-17-14-13-15-18-33)47(69)62-40(30(9)10)48(70)57-35(19-16-20-54-50(52)53)43(65)60-38(24-29(7)8)46(68)61-37(23-28(5)6)44(66)55-31(11)41(63)58-36(22-27(3)4)45(67)56-32(12)49(71)72/h13-15,17-18,26-32,34-40H,16,19-25,51H2,1-12H3,(H,55,66)(H,56,67)(H,57,70)(H,58,63)(H,59,64)(H,60,65)(H,61,68)(H,62,69)(H,71,72)(H4,52,53,54)/t31-,32-,34-,35-,36-,37-,38-,39-,40-/m0/s1. The van der Waals surface area contributed by atoms with Crippen molar-refractivity contribution < 1.29 is 48.3 Å². The molecule has 1 aromatic rings. The Kier molecular flexibility index (Phi) is 28.2. The number of hydrogen-bond acceptors (Lipinski definition) is 11. The van der Waals surface area contributed by atoms with Gasteiger partial charge in [0.25, 0.3) is 0 Å². The third kappa shape index (κ3) is 24.7. The van der Waals surface area contributed by atoms with E-state index >= 15 is 0 Å². The highest BCUT2D eigenvalue weighted by molar-refractivity contribution is 5.98. The predicted molar refractivity (Wildman–Crippen MR) is 275 cm³/mol. The van der Waals surface area contributed by atoms with E-state index in [0.29, 0.717) is 6.42 Å². The van der Waals surface area contributed by atoms with Crippen LogP contribution >= 0.6 is 0 Å². The summed E-state index contributed by atoms with van der Waals surface area (Å²) in [7, 11) is 0. The SMILES string of the molecule is CC(C)C[C@H](NC(=O)[C@H](C)NC(=O)[C@H](CC(C)C)NC(=O)[C@H](CC(C)C)NC(=O)[C@H](CCCN=C(N)N)NC(=O)[C@@H](NC(=O)[C@H](Cc1ccccc1)NC(=O)[C@@H](N)CC(C)C)C(C)C)C(=O)N[C@@H](C)C(=O)O. The number of guanidine groups is 1. The molecule has 0 aliphatic carbocycles. The number of nitrogens with zero attached hydrogens (tertiary/aromatic N) is 1. The number of nitrogens with one attached hydrogen (secondary N) is 8. The average molecular weight is 1020 g/mol. The molecule has 1 aromatic carbocycles. The number of carboxylic acids is 1. The predicted octanol–water partition coefficient (Wildman–Crippen LogP) is 0.453.